The predicted octanol–water partition coefficient (Wildman–Crippen LogP) is 12.0. The van der Waals surface area contributed by atoms with Crippen LogP contribution in [0.5, 0.6) is 0 Å². The number of unbranched alkanes of at least 4 members (excludes halogenated alkanes) is 12. The maximum absolute atomic E-state index is 10.7. The summed E-state index contributed by atoms with van der Waals surface area (Å²) in [5.41, 5.74) is 0. The lowest BCUT2D eigenvalue weighted by atomic mass is 9.99. The van der Waals surface area contributed by atoms with E-state index in [1.54, 1.807) is 0 Å². The minimum absolute atomic E-state index is 0.0209. The van der Waals surface area contributed by atoms with Crippen molar-refractivity contribution in [2.24, 2.45) is 0 Å². The first kappa shape index (κ1) is 40.1. The molecule has 3 atom stereocenters. The van der Waals surface area contributed by atoms with Crippen LogP contribution in [-0.4, -0.2) is 40.1 Å². The molecule has 0 heterocycles. The summed E-state index contributed by atoms with van der Waals surface area (Å²) < 4.78 is 14.0. The van der Waals surface area contributed by atoms with Gasteiger partial charge in [0.2, 0.25) is 0 Å². The van der Waals surface area contributed by atoms with Crippen LogP contribution < -0.4 is 0 Å². The smallest absolute Gasteiger partial charge is 0.192 e. The summed E-state index contributed by atoms with van der Waals surface area (Å²) in [7, 11) is -3.89. The Hall–Kier alpha value is 0.0538. The molecule has 0 bridgehead atoms. The minimum atomic E-state index is -1.97. The fourth-order valence-corrected chi connectivity index (χ4v) is 7.66. The van der Waals surface area contributed by atoms with Gasteiger partial charge >= 0.3 is 0 Å². The third-order valence-electron chi connectivity index (χ3n) is 9.66. The standard InChI is InChI=1S/C35H74O3Si2/c1-13-15-16-17-18-19-20-21-22-23-24-25-26-28-32(37-39(9,10)34(3,4)5)30-33(29-31(36)27-14-2)38-40(11,12)35(6,7)8/h14,31-33,36H,2,13,15-30H2,1,3-12H3/t31-,32+,33-/m1/s1. The van der Waals surface area contributed by atoms with E-state index < -0.39 is 22.7 Å². The Morgan fingerprint density at radius 3 is 1.38 bits per heavy atom. The molecule has 0 radical (unpaired) electrons. The fourth-order valence-electron chi connectivity index (χ4n) is 4.88. The predicted molar refractivity (Wildman–Crippen MR) is 185 cm³/mol. The third-order valence-corrected chi connectivity index (χ3v) is 18.7. The molecule has 5 heteroatoms. The normalized spacial score (nSPS) is 15.7. The molecule has 0 saturated heterocycles. The Morgan fingerprint density at radius 1 is 0.625 bits per heavy atom. The van der Waals surface area contributed by atoms with Gasteiger partial charge in [-0.25, -0.2) is 0 Å². The minimum Gasteiger partial charge on any atom is -0.414 e. The summed E-state index contributed by atoms with van der Waals surface area (Å²) in [6.07, 6.45) is 22.8. The van der Waals surface area contributed by atoms with Crippen molar-refractivity contribution in [3.05, 3.63) is 12.7 Å². The van der Waals surface area contributed by atoms with Crippen LogP contribution >= 0.6 is 0 Å². The van der Waals surface area contributed by atoms with Gasteiger partial charge in [-0.05, 0) is 61.9 Å². The monoisotopic (exact) mass is 599 g/mol. The van der Waals surface area contributed by atoms with Gasteiger partial charge in [0, 0.05) is 12.2 Å². The van der Waals surface area contributed by atoms with Gasteiger partial charge in [0.25, 0.3) is 0 Å². The van der Waals surface area contributed by atoms with Gasteiger partial charge < -0.3 is 14.0 Å². The first-order valence-corrected chi connectivity index (χ1v) is 22.9. The second kappa shape index (κ2) is 20.1. The molecule has 40 heavy (non-hydrogen) atoms. The van der Waals surface area contributed by atoms with E-state index in [1.807, 2.05) is 6.08 Å². The topological polar surface area (TPSA) is 38.7 Å². The molecule has 240 valence electrons. The van der Waals surface area contributed by atoms with Gasteiger partial charge in [-0.3, -0.25) is 0 Å². The van der Waals surface area contributed by atoms with Crippen LogP contribution in [0.2, 0.25) is 36.3 Å². The van der Waals surface area contributed by atoms with Crippen molar-refractivity contribution in [3.63, 3.8) is 0 Å². The largest absolute Gasteiger partial charge is 0.414 e. The van der Waals surface area contributed by atoms with Gasteiger partial charge in [0.05, 0.1) is 6.10 Å². The van der Waals surface area contributed by atoms with E-state index >= 15 is 0 Å². The third kappa shape index (κ3) is 17.9. The molecule has 0 amide bonds. The van der Waals surface area contributed by atoms with Crippen LogP contribution in [0.3, 0.4) is 0 Å². The summed E-state index contributed by atoms with van der Waals surface area (Å²) in [6.45, 7) is 29.4. The summed E-state index contributed by atoms with van der Waals surface area (Å²) in [5, 5.41) is 11.0. The quantitative estimate of drug-likeness (QED) is 0.0682. The average molecular weight is 599 g/mol. The van der Waals surface area contributed by atoms with E-state index in [0.717, 1.165) is 12.8 Å². The Balaban J connectivity index is 5.03. The molecular weight excluding hydrogens is 525 g/mol. The van der Waals surface area contributed by atoms with Crippen LogP contribution in [0, 0.1) is 0 Å². The molecule has 0 saturated carbocycles. The first-order chi connectivity index (χ1) is 18.5. The molecule has 0 unspecified atom stereocenters. The van der Waals surface area contributed by atoms with Crippen LogP contribution in [0.25, 0.3) is 0 Å². The summed E-state index contributed by atoms with van der Waals surface area (Å²) in [4.78, 5) is 0. The van der Waals surface area contributed by atoms with Crippen molar-refractivity contribution in [1.29, 1.82) is 0 Å². The van der Waals surface area contributed by atoms with Crippen molar-refractivity contribution < 1.29 is 14.0 Å². The van der Waals surface area contributed by atoms with Crippen molar-refractivity contribution >= 4 is 16.6 Å². The Kier molecular flexibility index (Phi) is 20.1. The zero-order chi connectivity index (χ0) is 30.9. The van der Waals surface area contributed by atoms with Crippen LogP contribution in [0.4, 0.5) is 0 Å². The highest BCUT2D eigenvalue weighted by Crippen LogP contribution is 2.41. The van der Waals surface area contributed by atoms with E-state index in [9.17, 15) is 5.11 Å². The molecule has 0 aromatic heterocycles. The van der Waals surface area contributed by atoms with Gasteiger partial charge in [0.15, 0.2) is 16.6 Å². The molecule has 0 spiro atoms. The van der Waals surface area contributed by atoms with Gasteiger partial charge in [-0.2, -0.15) is 0 Å². The summed E-state index contributed by atoms with van der Waals surface area (Å²) >= 11 is 0. The number of hydrogen-bond acceptors (Lipinski definition) is 3. The van der Waals surface area contributed by atoms with Gasteiger partial charge in [0.1, 0.15) is 0 Å². The average Bonchev–Trinajstić information content (AvgIpc) is 2.80. The number of aliphatic hydroxyl groups is 1. The van der Waals surface area contributed by atoms with Crippen LogP contribution in [0.15, 0.2) is 12.7 Å². The Bertz CT molecular complexity index is 634. The second-order valence-electron chi connectivity index (χ2n) is 15.7. The lowest BCUT2D eigenvalue weighted by molar-refractivity contribution is 0.0469. The fraction of sp³-hybridized carbons (Fsp3) is 0.943. The maximum Gasteiger partial charge on any atom is 0.192 e. The SMILES string of the molecule is C=CC[C@@H](O)C[C@H](C[C@H](CCCCCCCCCCCCCCC)O[Si](C)(C)C(C)(C)C)O[Si](C)(C)C(C)(C)C. The molecule has 0 aliphatic heterocycles. The molecule has 0 rings (SSSR count). The zero-order valence-electron chi connectivity index (χ0n) is 29.3. The van der Waals surface area contributed by atoms with E-state index in [-0.39, 0.29) is 22.3 Å². The highest BCUT2D eigenvalue weighted by molar-refractivity contribution is 6.74. The van der Waals surface area contributed by atoms with Crippen molar-refractivity contribution in [1.82, 2.24) is 0 Å². The highest BCUT2D eigenvalue weighted by atomic mass is 28.4. The molecule has 0 aromatic carbocycles. The molecule has 0 aliphatic carbocycles. The maximum atomic E-state index is 10.7. The lowest BCUT2D eigenvalue weighted by Gasteiger charge is -2.43. The van der Waals surface area contributed by atoms with Crippen molar-refractivity contribution in [2.75, 3.05) is 0 Å². The molecule has 3 nitrogen and oxygen atoms in total. The molecule has 0 aliphatic rings. The Labute approximate surface area is 254 Å². The second-order valence-corrected chi connectivity index (χ2v) is 25.2. The molecular formula is C35H74O3Si2. The van der Waals surface area contributed by atoms with Gasteiger partial charge in [-0.15, -0.1) is 6.58 Å². The number of aliphatic hydroxyl groups excluding tert-OH is 1. The molecule has 0 fully saturated rings. The highest BCUT2D eigenvalue weighted by Gasteiger charge is 2.42. The first-order valence-electron chi connectivity index (χ1n) is 17.1. The molecule has 0 aromatic rings. The number of hydrogen-bond donors (Lipinski definition) is 1. The Morgan fingerprint density at radius 2 is 1.00 bits per heavy atom. The van der Waals surface area contributed by atoms with E-state index in [1.165, 1.54) is 83.5 Å². The van der Waals surface area contributed by atoms with Crippen molar-refractivity contribution in [2.45, 2.75) is 212 Å². The van der Waals surface area contributed by atoms with Crippen LogP contribution in [0.1, 0.15) is 158 Å². The summed E-state index contributed by atoms with van der Waals surface area (Å²) in [5.74, 6) is 0. The zero-order valence-corrected chi connectivity index (χ0v) is 31.3. The lowest BCUT2D eigenvalue weighted by Crippen LogP contribution is -2.47. The van der Waals surface area contributed by atoms with Crippen molar-refractivity contribution in [3.8, 4) is 0 Å². The van der Waals surface area contributed by atoms with E-state index in [4.69, 9.17) is 8.85 Å². The number of rotatable bonds is 24. The van der Waals surface area contributed by atoms with E-state index in [0.29, 0.717) is 12.8 Å². The summed E-state index contributed by atoms with van der Waals surface area (Å²) in [6, 6.07) is 0. The molecule has 1 N–H and O–H groups in total. The van der Waals surface area contributed by atoms with Crippen LogP contribution in [-0.2, 0) is 8.85 Å². The van der Waals surface area contributed by atoms with E-state index in [2.05, 4.69) is 81.2 Å². The van der Waals surface area contributed by atoms with Gasteiger partial charge in [-0.1, -0.05) is 138 Å².